The third-order valence-electron chi connectivity index (χ3n) is 5.44. The fourth-order valence-corrected chi connectivity index (χ4v) is 3.67. The summed E-state index contributed by atoms with van der Waals surface area (Å²) in [5.74, 6) is -2.00. The zero-order valence-corrected chi connectivity index (χ0v) is 17.7. The summed E-state index contributed by atoms with van der Waals surface area (Å²) >= 11 is 0. The molecular formula is C22H22O12. The lowest BCUT2D eigenvalue weighted by molar-refractivity contribution is -0.277. The molecule has 1 aromatic heterocycles. The van der Waals surface area contributed by atoms with Crippen molar-refractivity contribution < 1.29 is 54.4 Å². The predicted molar refractivity (Wildman–Crippen MR) is 114 cm³/mol. The van der Waals surface area contributed by atoms with E-state index in [1.807, 2.05) is 0 Å². The summed E-state index contributed by atoms with van der Waals surface area (Å²) in [5.41, 5.74) is -0.959. The van der Waals surface area contributed by atoms with Gasteiger partial charge in [0.25, 0.3) is 0 Å². The summed E-state index contributed by atoms with van der Waals surface area (Å²) < 4.78 is 21.8. The van der Waals surface area contributed by atoms with Crippen molar-refractivity contribution in [3.8, 4) is 40.1 Å². The summed E-state index contributed by atoms with van der Waals surface area (Å²) in [5, 5.41) is 69.4. The van der Waals surface area contributed by atoms with Crippen LogP contribution < -0.4 is 14.9 Å². The predicted octanol–water partition coefficient (Wildman–Crippen LogP) is -0.236. The Balaban J connectivity index is 1.92. The SMILES string of the molecule is COc1cc(-c2oc3cc(O)cc(O)c3c(=O)c2OC2OC(CO)C(O)C(O)C2O)ccc1O. The second-order valence-corrected chi connectivity index (χ2v) is 7.63. The molecule has 2 aromatic carbocycles. The number of hydrogen-bond acceptors (Lipinski definition) is 12. The number of hydrogen-bond donors (Lipinski definition) is 7. The molecule has 3 aromatic rings. The van der Waals surface area contributed by atoms with E-state index in [-0.39, 0.29) is 39.5 Å². The number of rotatable bonds is 5. The van der Waals surface area contributed by atoms with Crippen molar-refractivity contribution >= 4 is 11.0 Å². The third kappa shape index (κ3) is 3.97. The number of aromatic hydroxyl groups is 3. The second-order valence-electron chi connectivity index (χ2n) is 7.63. The Morgan fingerprint density at radius 1 is 0.971 bits per heavy atom. The molecule has 7 N–H and O–H groups in total. The maximum atomic E-state index is 13.3. The first-order valence-corrected chi connectivity index (χ1v) is 10.0. The molecule has 1 aliphatic rings. The highest BCUT2D eigenvalue weighted by Gasteiger charge is 2.45. The quantitative estimate of drug-likeness (QED) is 0.254. The fourth-order valence-electron chi connectivity index (χ4n) is 3.67. The van der Waals surface area contributed by atoms with Crippen LogP contribution in [0.5, 0.6) is 28.7 Å². The van der Waals surface area contributed by atoms with Crippen LogP contribution in [0, 0.1) is 0 Å². The maximum absolute atomic E-state index is 13.3. The van der Waals surface area contributed by atoms with Crippen LogP contribution in [-0.4, -0.2) is 80.2 Å². The molecule has 2 heterocycles. The molecule has 0 bridgehead atoms. The van der Waals surface area contributed by atoms with Crippen LogP contribution in [0.1, 0.15) is 0 Å². The normalized spacial score (nSPS) is 24.8. The topological polar surface area (TPSA) is 200 Å². The van der Waals surface area contributed by atoms with E-state index < -0.39 is 54.2 Å². The summed E-state index contributed by atoms with van der Waals surface area (Å²) in [6.45, 7) is -0.723. The number of phenolic OH excluding ortho intramolecular Hbond substituents is 3. The molecule has 0 spiro atoms. The van der Waals surface area contributed by atoms with Gasteiger partial charge in [-0.25, -0.2) is 0 Å². The van der Waals surface area contributed by atoms with Gasteiger partial charge in [-0.3, -0.25) is 4.79 Å². The van der Waals surface area contributed by atoms with Gasteiger partial charge in [0.2, 0.25) is 17.5 Å². The molecule has 1 saturated heterocycles. The molecule has 0 radical (unpaired) electrons. The number of benzene rings is 2. The lowest BCUT2D eigenvalue weighted by Crippen LogP contribution is -2.60. The van der Waals surface area contributed by atoms with E-state index in [1.54, 1.807) is 0 Å². The highest BCUT2D eigenvalue weighted by molar-refractivity contribution is 5.88. The van der Waals surface area contributed by atoms with Crippen LogP contribution in [0.3, 0.4) is 0 Å². The Morgan fingerprint density at radius 2 is 1.71 bits per heavy atom. The Morgan fingerprint density at radius 3 is 2.38 bits per heavy atom. The van der Waals surface area contributed by atoms with Crippen molar-refractivity contribution in [2.45, 2.75) is 30.7 Å². The standard InChI is InChI=1S/C22H22O12/c1-31-12-4-8(2-3-10(12)25)20-21(17(28)15-11(26)5-9(24)6-13(15)32-20)34-22-19(30)18(29)16(27)14(7-23)33-22/h2-6,14,16,18-19,22-27,29-30H,7H2,1H3. The van der Waals surface area contributed by atoms with Gasteiger partial charge in [0.1, 0.15) is 46.9 Å². The summed E-state index contributed by atoms with van der Waals surface area (Å²) in [6, 6.07) is 5.96. The van der Waals surface area contributed by atoms with E-state index in [0.717, 1.165) is 12.1 Å². The van der Waals surface area contributed by atoms with Gasteiger partial charge in [-0.1, -0.05) is 0 Å². The molecule has 182 valence electrons. The van der Waals surface area contributed by atoms with Crippen LogP contribution in [0.2, 0.25) is 0 Å². The zero-order chi connectivity index (χ0) is 24.7. The van der Waals surface area contributed by atoms with E-state index in [4.69, 9.17) is 18.6 Å². The minimum absolute atomic E-state index is 0.0257. The fraction of sp³-hybridized carbons (Fsp3) is 0.318. The lowest BCUT2D eigenvalue weighted by Gasteiger charge is -2.39. The molecule has 0 saturated carbocycles. The lowest BCUT2D eigenvalue weighted by atomic mass is 9.99. The Bertz CT molecular complexity index is 1270. The summed E-state index contributed by atoms with van der Waals surface area (Å²) in [6.07, 6.45) is -8.29. The minimum Gasteiger partial charge on any atom is -0.508 e. The molecule has 5 unspecified atom stereocenters. The van der Waals surface area contributed by atoms with Crippen molar-refractivity contribution in [1.82, 2.24) is 0 Å². The van der Waals surface area contributed by atoms with Crippen molar-refractivity contribution in [3.05, 3.63) is 40.6 Å². The van der Waals surface area contributed by atoms with E-state index in [0.29, 0.717) is 0 Å². The number of aliphatic hydroxyl groups excluding tert-OH is 4. The molecule has 1 fully saturated rings. The first-order chi connectivity index (χ1) is 16.2. The van der Waals surface area contributed by atoms with Crippen molar-refractivity contribution in [3.63, 3.8) is 0 Å². The second kappa shape index (κ2) is 9.00. The van der Waals surface area contributed by atoms with E-state index in [9.17, 15) is 40.5 Å². The van der Waals surface area contributed by atoms with Gasteiger partial charge in [-0.2, -0.15) is 0 Å². The van der Waals surface area contributed by atoms with E-state index in [2.05, 4.69) is 0 Å². The van der Waals surface area contributed by atoms with Gasteiger partial charge in [0, 0.05) is 17.7 Å². The van der Waals surface area contributed by atoms with Gasteiger partial charge >= 0.3 is 0 Å². The first-order valence-electron chi connectivity index (χ1n) is 10.0. The van der Waals surface area contributed by atoms with Crippen LogP contribution in [0.4, 0.5) is 0 Å². The molecule has 0 aliphatic carbocycles. The average Bonchev–Trinajstić information content (AvgIpc) is 2.80. The zero-order valence-electron chi connectivity index (χ0n) is 17.7. The Labute approximate surface area is 191 Å². The largest absolute Gasteiger partial charge is 0.508 e. The van der Waals surface area contributed by atoms with Crippen LogP contribution in [-0.2, 0) is 4.74 Å². The molecule has 1 aliphatic heterocycles. The van der Waals surface area contributed by atoms with Gasteiger partial charge in [-0.15, -0.1) is 0 Å². The smallest absolute Gasteiger partial charge is 0.239 e. The number of phenols is 3. The molecule has 4 rings (SSSR count). The van der Waals surface area contributed by atoms with Crippen molar-refractivity contribution in [2.75, 3.05) is 13.7 Å². The average molecular weight is 478 g/mol. The number of ether oxygens (including phenoxy) is 3. The van der Waals surface area contributed by atoms with Gasteiger partial charge in [0.05, 0.1) is 13.7 Å². The van der Waals surface area contributed by atoms with E-state index in [1.165, 1.54) is 25.3 Å². The number of fused-ring (bicyclic) bond motifs is 1. The highest BCUT2D eigenvalue weighted by Crippen LogP contribution is 2.39. The number of methoxy groups -OCH3 is 1. The van der Waals surface area contributed by atoms with Crippen LogP contribution in [0.25, 0.3) is 22.3 Å². The molecule has 34 heavy (non-hydrogen) atoms. The van der Waals surface area contributed by atoms with E-state index >= 15 is 0 Å². The van der Waals surface area contributed by atoms with Gasteiger partial charge in [0.15, 0.2) is 17.3 Å². The van der Waals surface area contributed by atoms with Crippen LogP contribution in [0.15, 0.2) is 39.5 Å². The molecule has 5 atom stereocenters. The molecule has 0 amide bonds. The van der Waals surface area contributed by atoms with Gasteiger partial charge in [-0.05, 0) is 18.2 Å². The third-order valence-corrected chi connectivity index (χ3v) is 5.44. The minimum atomic E-state index is -1.83. The first kappa shape index (κ1) is 23.6. The number of aliphatic hydroxyl groups is 4. The molecule has 12 nitrogen and oxygen atoms in total. The van der Waals surface area contributed by atoms with Gasteiger partial charge < -0.3 is 54.4 Å². The van der Waals surface area contributed by atoms with Crippen molar-refractivity contribution in [2.24, 2.45) is 0 Å². The highest BCUT2D eigenvalue weighted by atomic mass is 16.7. The summed E-state index contributed by atoms with van der Waals surface area (Å²) in [4.78, 5) is 13.3. The Hall–Kier alpha value is -3.55. The van der Waals surface area contributed by atoms with Crippen molar-refractivity contribution in [1.29, 1.82) is 0 Å². The molecular weight excluding hydrogens is 456 g/mol. The van der Waals surface area contributed by atoms with Crippen LogP contribution >= 0.6 is 0 Å². The Kier molecular flexibility index (Phi) is 6.25. The molecule has 12 heteroatoms. The summed E-state index contributed by atoms with van der Waals surface area (Å²) in [7, 11) is 1.30. The monoisotopic (exact) mass is 478 g/mol. The maximum Gasteiger partial charge on any atom is 0.239 e.